The maximum Gasteiger partial charge on any atom is 0.259 e. The molecule has 1 heterocycles. The molecule has 0 saturated carbocycles. The van der Waals surface area contributed by atoms with Crippen molar-refractivity contribution in [3.05, 3.63) is 49.3 Å². The fourth-order valence-electron chi connectivity index (χ4n) is 2.78. The van der Waals surface area contributed by atoms with Gasteiger partial charge in [0.15, 0.2) is 0 Å². The smallest absolute Gasteiger partial charge is 0.259 e. The first-order chi connectivity index (χ1) is 12.5. The van der Waals surface area contributed by atoms with Crippen LogP contribution >= 0.6 is 47.8 Å². The number of nitrogens with zero attached hydrogens (tertiary/aromatic N) is 1. The van der Waals surface area contributed by atoms with Crippen LogP contribution < -0.4 is 15.0 Å². The highest BCUT2D eigenvalue weighted by molar-refractivity contribution is 9.11. The number of benzene rings is 2. The van der Waals surface area contributed by atoms with Crippen molar-refractivity contribution in [2.45, 2.75) is 0 Å². The van der Waals surface area contributed by atoms with E-state index in [1.165, 1.54) is 0 Å². The first-order valence-corrected chi connectivity index (χ1v) is 10.3. The number of hydrogen-bond acceptors (Lipinski definition) is 4. The molecule has 1 amide bonds. The van der Waals surface area contributed by atoms with E-state index in [9.17, 15) is 4.79 Å². The quantitative estimate of drug-likeness (QED) is 0.579. The number of morpholine rings is 1. The average Bonchev–Trinajstić information content (AvgIpc) is 2.62. The van der Waals surface area contributed by atoms with Crippen molar-refractivity contribution in [3.8, 4) is 5.75 Å². The van der Waals surface area contributed by atoms with Gasteiger partial charge in [0.25, 0.3) is 5.91 Å². The van der Waals surface area contributed by atoms with Crippen molar-refractivity contribution in [2.75, 3.05) is 43.6 Å². The number of carbonyl (C=O) groups excluding carboxylic acids is 1. The van der Waals surface area contributed by atoms with Gasteiger partial charge in [-0.25, -0.2) is 0 Å². The van der Waals surface area contributed by atoms with Crippen LogP contribution in [0.4, 0.5) is 11.4 Å². The highest BCUT2D eigenvalue weighted by atomic mass is 79.9. The van der Waals surface area contributed by atoms with Gasteiger partial charge in [0.2, 0.25) is 0 Å². The van der Waals surface area contributed by atoms with Crippen LogP contribution in [0.25, 0.3) is 0 Å². The SMILES string of the molecule is COc1c(Br)cc(Br)cc1C(=O)Nc1ccc(N2CCOCC2)c(Br)c1. The van der Waals surface area contributed by atoms with Gasteiger partial charge in [-0.15, -0.1) is 0 Å². The molecule has 0 aromatic heterocycles. The number of hydrogen-bond donors (Lipinski definition) is 1. The average molecular weight is 549 g/mol. The van der Waals surface area contributed by atoms with E-state index in [2.05, 4.69) is 58.0 Å². The van der Waals surface area contributed by atoms with Crippen LogP contribution in [0.1, 0.15) is 10.4 Å². The molecule has 2 aromatic rings. The van der Waals surface area contributed by atoms with Gasteiger partial charge in [0.1, 0.15) is 5.75 Å². The normalized spacial score (nSPS) is 14.2. The summed E-state index contributed by atoms with van der Waals surface area (Å²) in [5.74, 6) is 0.254. The van der Waals surface area contributed by atoms with E-state index >= 15 is 0 Å². The Morgan fingerprint density at radius 3 is 2.50 bits per heavy atom. The molecule has 1 saturated heterocycles. The first kappa shape index (κ1) is 19.7. The van der Waals surface area contributed by atoms with Crippen LogP contribution in [0, 0.1) is 0 Å². The molecule has 3 rings (SSSR count). The first-order valence-electron chi connectivity index (χ1n) is 7.96. The molecule has 0 radical (unpaired) electrons. The molecule has 138 valence electrons. The number of anilines is 2. The fourth-order valence-corrected chi connectivity index (χ4v) is 4.80. The number of methoxy groups -OCH3 is 1. The highest BCUT2D eigenvalue weighted by Gasteiger charge is 2.18. The third kappa shape index (κ3) is 4.42. The van der Waals surface area contributed by atoms with Gasteiger partial charge in [-0.1, -0.05) is 15.9 Å². The predicted molar refractivity (Wildman–Crippen MR) is 114 cm³/mol. The number of rotatable bonds is 4. The highest BCUT2D eigenvalue weighted by Crippen LogP contribution is 2.34. The van der Waals surface area contributed by atoms with Crippen LogP contribution in [0.3, 0.4) is 0 Å². The second-order valence-corrected chi connectivity index (χ2v) is 8.31. The minimum Gasteiger partial charge on any atom is -0.495 e. The lowest BCUT2D eigenvalue weighted by molar-refractivity contribution is 0.102. The van der Waals surface area contributed by atoms with Crippen molar-refractivity contribution in [1.29, 1.82) is 0 Å². The Kier molecular flexibility index (Phi) is 6.60. The van der Waals surface area contributed by atoms with Gasteiger partial charge in [0, 0.05) is 27.7 Å². The summed E-state index contributed by atoms with van der Waals surface area (Å²) < 4.78 is 13.2. The van der Waals surface area contributed by atoms with Gasteiger partial charge >= 0.3 is 0 Å². The summed E-state index contributed by atoms with van der Waals surface area (Å²) in [6.07, 6.45) is 0. The molecular weight excluding hydrogens is 532 g/mol. The van der Waals surface area contributed by atoms with Crippen LogP contribution in [-0.2, 0) is 4.74 Å². The summed E-state index contributed by atoms with van der Waals surface area (Å²) in [7, 11) is 1.54. The zero-order valence-corrected chi connectivity index (χ0v) is 18.8. The maximum atomic E-state index is 12.7. The van der Waals surface area contributed by atoms with Gasteiger partial charge in [-0.2, -0.15) is 0 Å². The van der Waals surface area contributed by atoms with Crippen molar-refractivity contribution in [1.82, 2.24) is 0 Å². The molecule has 5 nitrogen and oxygen atoms in total. The monoisotopic (exact) mass is 546 g/mol. The van der Waals surface area contributed by atoms with Crippen LogP contribution in [0.15, 0.2) is 43.7 Å². The molecule has 0 atom stereocenters. The summed E-state index contributed by atoms with van der Waals surface area (Å²) in [5, 5.41) is 2.92. The van der Waals surface area contributed by atoms with Gasteiger partial charge < -0.3 is 19.7 Å². The van der Waals surface area contributed by atoms with Crippen molar-refractivity contribution < 1.29 is 14.3 Å². The minimum atomic E-state index is -0.241. The third-order valence-electron chi connectivity index (χ3n) is 4.01. The van der Waals surface area contributed by atoms with E-state index in [1.807, 2.05) is 24.3 Å². The van der Waals surface area contributed by atoms with Crippen LogP contribution in [-0.4, -0.2) is 39.3 Å². The van der Waals surface area contributed by atoms with E-state index < -0.39 is 0 Å². The second kappa shape index (κ2) is 8.73. The molecule has 2 aromatic carbocycles. The molecule has 0 bridgehead atoms. The van der Waals surface area contributed by atoms with Gasteiger partial charge in [-0.3, -0.25) is 4.79 Å². The molecule has 8 heteroatoms. The molecule has 26 heavy (non-hydrogen) atoms. The molecule has 0 spiro atoms. The van der Waals surface area contributed by atoms with E-state index in [1.54, 1.807) is 13.2 Å². The predicted octanol–water partition coefficient (Wildman–Crippen LogP) is 5.07. The lowest BCUT2D eigenvalue weighted by atomic mass is 10.1. The topological polar surface area (TPSA) is 50.8 Å². The Hall–Kier alpha value is -1.09. The zero-order valence-electron chi connectivity index (χ0n) is 14.0. The number of halogens is 3. The summed E-state index contributed by atoms with van der Waals surface area (Å²) in [5.41, 5.74) is 2.24. The Morgan fingerprint density at radius 2 is 1.85 bits per heavy atom. The number of carbonyl (C=O) groups is 1. The van der Waals surface area contributed by atoms with Crippen molar-refractivity contribution in [2.24, 2.45) is 0 Å². The Labute approximate surface area is 177 Å². The summed E-state index contributed by atoms with van der Waals surface area (Å²) in [6.45, 7) is 3.16. The van der Waals surface area contributed by atoms with E-state index in [0.717, 1.165) is 40.9 Å². The third-order valence-corrected chi connectivity index (χ3v) is 5.70. The minimum absolute atomic E-state index is 0.241. The summed E-state index contributed by atoms with van der Waals surface area (Å²) in [4.78, 5) is 15.0. The molecule has 0 aliphatic carbocycles. The second-order valence-electron chi connectivity index (χ2n) is 5.69. The lowest BCUT2D eigenvalue weighted by Gasteiger charge is -2.29. The lowest BCUT2D eigenvalue weighted by Crippen LogP contribution is -2.36. The van der Waals surface area contributed by atoms with Crippen molar-refractivity contribution in [3.63, 3.8) is 0 Å². The number of ether oxygens (including phenoxy) is 2. The maximum absolute atomic E-state index is 12.7. The zero-order chi connectivity index (χ0) is 18.7. The molecule has 1 aliphatic rings. The van der Waals surface area contributed by atoms with Crippen LogP contribution in [0.5, 0.6) is 5.75 Å². The Morgan fingerprint density at radius 1 is 1.12 bits per heavy atom. The van der Waals surface area contributed by atoms with E-state index in [0.29, 0.717) is 21.5 Å². The standard InChI is InChI=1S/C18H17Br3N2O3/c1-25-17-13(8-11(19)9-15(17)21)18(24)22-12-2-3-16(14(20)10-12)23-4-6-26-7-5-23/h2-3,8-10H,4-7H2,1H3,(H,22,24). The molecule has 0 unspecified atom stereocenters. The summed E-state index contributed by atoms with van der Waals surface area (Å²) in [6, 6.07) is 9.37. The number of amides is 1. The largest absolute Gasteiger partial charge is 0.495 e. The van der Waals surface area contributed by atoms with Crippen LogP contribution in [0.2, 0.25) is 0 Å². The Balaban J connectivity index is 1.81. The van der Waals surface area contributed by atoms with Gasteiger partial charge in [-0.05, 0) is 62.2 Å². The Bertz CT molecular complexity index is 824. The number of nitrogens with one attached hydrogen (secondary N) is 1. The molecule has 1 N–H and O–H groups in total. The van der Waals surface area contributed by atoms with Crippen molar-refractivity contribution >= 4 is 65.1 Å². The summed E-state index contributed by atoms with van der Waals surface area (Å²) >= 11 is 10.4. The fraction of sp³-hybridized carbons (Fsp3) is 0.278. The molecule has 1 fully saturated rings. The molecule has 1 aliphatic heterocycles. The van der Waals surface area contributed by atoms with E-state index in [-0.39, 0.29) is 5.91 Å². The molecular formula is C18H17Br3N2O3. The van der Waals surface area contributed by atoms with E-state index in [4.69, 9.17) is 9.47 Å². The van der Waals surface area contributed by atoms with Gasteiger partial charge in [0.05, 0.1) is 36.0 Å².